The minimum atomic E-state index is -0.538. The van der Waals surface area contributed by atoms with Crippen molar-refractivity contribution in [2.45, 2.75) is 19.9 Å². The van der Waals surface area contributed by atoms with Gasteiger partial charge >= 0.3 is 0 Å². The number of aryl methyl sites for hydroxylation is 1. The number of rotatable bonds is 3. The minimum Gasteiger partial charge on any atom is -0.377 e. The molecular formula is C15H14BrF2N. The Balaban J connectivity index is 2.31. The van der Waals surface area contributed by atoms with Gasteiger partial charge in [0.1, 0.15) is 11.6 Å². The first-order valence-corrected chi connectivity index (χ1v) is 6.75. The van der Waals surface area contributed by atoms with Gasteiger partial charge in [-0.25, -0.2) is 8.78 Å². The normalized spacial score (nSPS) is 12.3. The molecule has 2 aromatic rings. The van der Waals surface area contributed by atoms with Gasteiger partial charge in [0.2, 0.25) is 0 Å². The number of nitrogens with one attached hydrogen (secondary N) is 1. The molecule has 1 unspecified atom stereocenters. The van der Waals surface area contributed by atoms with Crippen LogP contribution in [0, 0.1) is 18.6 Å². The van der Waals surface area contributed by atoms with E-state index >= 15 is 0 Å². The van der Waals surface area contributed by atoms with Crippen molar-refractivity contribution in [3.05, 3.63) is 63.6 Å². The summed E-state index contributed by atoms with van der Waals surface area (Å²) in [5.74, 6) is -1.08. The monoisotopic (exact) mass is 325 g/mol. The topological polar surface area (TPSA) is 12.0 Å². The zero-order valence-electron chi connectivity index (χ0n) is 10.7. The lowest BCUT2D eigenvalue weighted by molar-refractivity contribution is 0.544. The second-order valence-corrected chi connectivity index (χ2v) is 5.23. The minimum absolute atomic E-state index is 0.0518. The summed E-state index contributed by atoms with van der Waals surface area (Å²) >= 11 is 3.47. The van der Waals surface area contributed by atoms with E-state index in [1.807, 2.05) is 25.1 Å². The molecule has 0 bridgehead atoms. The highest BCUT2D eigenvalue weighted by Crippen LogP contribution is 2.30. The Labute approximate surface area is 119 Å². The zero-order valence-corrected chi connectivity index (χ0v) is 12.3. The Morgan fingerprint density at radius 3 is 2.26 bits per heavy atom. The molecule has 2 aromatic carbocycles. The maximum absolute atomic E-state index is 13.7. The van der Waals surface area contributed by atoms with Gasteiger partial charge in [-0.3, -0.25) is 0 Å². The largest absolute Gasteiger partial charge is 0.377 e. The van der Waals surface area contributed by atoms with Crippen molar-refractivity contribution in [3.63, 3.8) is 0 Å². The molecule has 0 radical (unpaired) electrons. The van der Waals surface area contributed by atoms with E-state index in [4.69, 9.17) is 0 Å². The van der Waals surface area contributed by atoms with Gasteiger partial charge in [0.05, 0.1) is 6.04 Å². The summed E-state index contributed by atoms with van der Waals surface area (Å²) in [6, 6.07) is 9.16. The average Bonchev–Trinajstić information content (AvgIpc) is 2.35. The summed E-state index contributed by atoms with van der Waals surface area (Å²) in [4.78, 5) is 0. The highest BCUT2D eigenvalue weighted by molar-refractivity contribution is 9.10. The smallest absolute Gasteiger partial charge is 0.131 e. The molecule has 1 atom stereocenters. The Bertz CT molecular complexity index is 578. The molecule has 0 saturated carbocycles. The number of anilines is 1. The first-order valence-electron chi connectivity index (χ1n) is 5.96. The van der Waals surface area contributed by atoms with Crippen molar-refractivity contribution < 1.29 is 8.78 Å². The van der Waals surface area contributed by atoms with E-state index in [0.717, 1.165) is 15.7 Å². The maximum atomic E-state index is 13.7. The fourth-order valence-electron chi connectivity index (χ4n) is 1.99. The van der Waals surface area contributed by atoms with E-state index in [1.165, 1.54) is 18.2 Å². The highest BCUT2D eigenvalue weighted by Gasteiger charge is 2.16. The summed E-state index contributed by atoms with van der Waals surface area (Å²) in [6.07, 6.45) is 0. The molecule has 0 amide bonds. The van der Waals surface area contributed by atoms with Crippen LogP contribution in [0.1, 0.15) is 24.1 Å². The van der Waals surface area contributed by atoms with Crippen LogP contribution in [0.2, 0.25) is 0 Å². The third kappa shape index (κ3) is 2.95. The van der Waals surface area contributed by atoms with Crippen LogP contribution in [-0.2, 0) is 0 Å². The van der Waals surface area contributed by atoms with Gasteiger partial charge in [0.25, 0.3) is 0 Å². The van der Waals surface area contributed by atoms with Gasteiger partial charge in [0, 0.05) is 15.7 Å². The molecular weight excluding hydrogens is 312 g/mol. The van der Waals surface area contributed by atoms with Gasteiger partial charge in [-0.15, -0.1) is 0 Å². The standard InChI is InChI=1S/C15H14BrF2N/c1-9-5-3-8-13(15(9)16)19-10(2)14-11(17)6-4-7-12(14)18/h3-8,10,19H,1-2H3. The summed E-state index contributed by atoms with van der Waals surface area (Å²) in [5, 5.41) is 3.12. The van der Waals surface area contributed by atoms with Crippen molar-refractivity contribution >= 4 is 21.6 Å². The summed E-state index contributed by atoms with van der Waals surface area (Å²) in [5.41, 5.74) is 1.93. The van der Waals surface area contributed by atoms with Gasteiger partial charge in [-0.1, -0.05) is 18.2 Å². The van der Waals surface area contributed by atoms with Crippen molar-refractivity contribution in [2.24, 2.45) is 0 Å². The van der Waals surface area contributed by atoms with E-state index in [1.54, 1.807) is 6.92 Å². The van der Waals surface area contributed by atoms with Crippen molar-refractivity contribution in [1.29, 1.82) is 0 Å². The van der Waals surface area contributed by atoms with Crippen LogP contribution >= 0.6 is 15.9 Å². The lowest BCUT2D eigenvalue weighted by atomic mass is 10.1. The van der Waals surface area contributed by atoms with E-state index in [-0.39, 0.29) is 5.56 Å². The predicted octanol–water partition coefficient (Wildman–Crippen LogP) is 5.21. The number of halogens is 3. The molecule has 1 nitrogen and oxygen atoms in total. The zero-order chi connectivity index (χ0) is 14.0. The molecule has 100 valence electrons. The predicted molar refractivity (Wildman–Crippen MR) is 77.3 cm³/mol. The number of hydrogen-bond donors (Lipinski definition) is 1. The third-order valence-electron chi connectivity index (χ3n) is 3.00. The lowest BCUT2D eigenvalue weighted by Crippen LogP contribution is -2.11. The molecule has 0 saturated heterocycles. The lowest BCUT2D eigenvalue weighted by Gasteiger charge is -2.18. The molecule has 0 aliphatic rings. The Morgan fingerprint density at radius 2 is 1.63 bits per heavy atom. The quantitative estimate of drug-likeness (QED) is 0.816. The van der Waals surface area contributed by atoms with Crippen LogP contribution < -0.4 is 5.32 Å². The Morgan fingerprint density at radius 1 is 1.05 bits per heavy atom. The second kappa shape index (κ2) is 5.70. The summed E-state index contributed by atoms with van der Waals surface area (Å²) in [6.45, 7) is 3.69. The van der Waals surface area contributed by atoms with Crippen LogP contribution in [0.4, 0.5) is 14.5 Å². The van der Waals surface area contributed by atoms with Crippen LogP contribution in [-0.4, -0.2) is 0 Å². The molecule has 2 rings (SSSR count). The van der Waals surface area contributed by atoms with Gasteiger partial charge in [0.15, 0.2) is 0 Å². The molecule has 0 spiro atoms. The van der Waals surface area contributed by atoms with Gasteiger partial charge in [-0.05, 0) is 53.5 Å². The van der Waals surface area contributed by atoms with E-state index < -0.39 is 17.7 Å². The highest BCUT2D eigenvalue weighted by atomic mass is 79.9. The van der Waals surface area contributed by atoms with Crippen LogP contribution in [0.3, 0.4) is 0 Å². The molecule has 4 heteroatoms. The molecule has 1 N–H and O–H groups in total. The van der Waals surface area contributed by atoms with E-state index in [0.29, 0.717) is 0 Å². The van der Waals surface area contributed by atoms with Crippen LogP contribution in [0.5, 0.6) is 0 Å². The third-order valence-corrected chi connectivity index (χ3v) is 4.05. The fraction of sp³-hybridized carbons (Fsp3) is 0.200. The average molecular weight is 326 g/mol. The first kappa shape index (κ1) is 14.0. The first-order chi connectivity index (χ1) is 9.00. The Hall–Kier alpha value is -1.42. The van der Waals surface area contributed by atoms with Crippen LogP contribution in [0.25, 0.3) is 0 Å². The number of benzene rings is 2. The summed E-state index contributed by atoms with van der Waals surface area (Å²) in [7, 11) is 0. The van der Waals surface area contributed by atoms with E-state index in [2.05, 4.69) is 21.2 Å². The van der Waals surface area contributed by atoms with Crippen molar-refractivity contribution in [2.75, 3.05) is 5.32 Å². The Kier molecular flexibility index (Phi) is 4.20. The molecule has 0 aliphatic heterocycles. The molecule has 0 heterocycles. The maximum Gasteiger partial charge on any atom is 0.131 e. The fourth-order valence-corrected chi connectivity index (χ4v) is 2.37. The molecule has 0 aromatic heterocycles. The van der Waals surface area contributed by atoms with Gasteiger partial charge in [-0.2, -0.15) is 0 Å². The SMILES string of the molecule is Cc1cccc(NC(C)c2c(F)cccc2F)c1Br. The van der Waals surface area contributed by atoms with E-state index in [9.17, 15) is 8.78 Å². The second-order valence-electron chi connectivity index (χ2n) is 4.44. The molecule has 0 fully saturated rings. The molecule has 19 heavy (non-hydrogen) atoms. The van der Waals surface area contributed by atoms with Crippen molar-refractivity contribution in [1.82, 2.24) is 0 Å². The van der Waals surface area contributed by atoms with Gasteiger partial charge < -0.3 is 5.32 Å². The summed E-state index contributed by atoms with van der Waals surface area (Å²) < 4.78 is 28.3. The van der Waals surface area contributed by atoms with Crippen molar-refractivity contribution in [3.8, 4) is 0 Å². The number of hydrogen-bond acceptors (Lipinski definition) is 1. The molecule has 0 aliphatic carbocycles. The van der Waals surface area contributed by atoms with Crippen LogP contribution in [0.15, 0.2) is 40.9 Å².